The molecule has 0 amide bonds. The number of hydrogen-bond acceptors (Lipinski definition) is 1. The van der Waals surface area contributed by atoms with Gasteiger partial charge in [-0.15, -0.1) is 0 Å². The second-order valence-corrected chi connectivity index (χ2v) is 18.9. The summed E-state index contributed by atoms with van der Waals surface area (Å²) in [6.45, 7) is 24.4. The van der Waals surface area contributed by atoms with Gasteiger partial charge in [-0.3, -0.25) is 0 Å². The van der Waals surface area contributed by atoms with Gasteiger partial charge in [0.15, 0.2) is 12.2 Å². The molecule has 4 heteroatoms. The first-order chi connectivity index (χ1) is 29.0. The quantitative estimate of drug-likeness (QED) is 0.122. The molecule has 3 aliphatic rings. The van der Waals surface area contributed by atoms with Gasteiger partial charge in [-0.25, -0.2) is 4.57 Å². The van der Waals surface area contributed by atoms with Crippen LogP contribution < -0.4 is 4.57 Å². The van der Waals surface area contributed by atoms with Crippen LogP contribution in [0.25, 0.3) is 39.0 Å². The van der Waals surface area contributed by atoms with Gasteiger partial charge in [0.25, 0.3) is 5.82 Å². The van der Waals surface area contributed by atoms with Gasteiger partial charge in [-0.2, -0.15) is 9.14 Å². The molecule has 0 bridgehead atoms. The van der Waals surface area contributed by atoms with E-state index in [1.807, 2.05) is 0 Å². The SMILES string of the molecule is C=C1C[n+]2ccn(-c3c(C(C)C)cc4c(oc5ccccc54)c3C(C)C)c2-c2ccccc2CCC2c3ccccc3C3=[N+](C=CC3c3c(C(C)C)cccc3C(C)C)C12. The van der Waals surface area contributed by atoms with Gasteiger partial charge in [-0.1, -0.05) is 135 Å². The summed E-state index contributed by atoms with van der Waals surface area (Å²) < 4.78 is 14.4. The molecular formula is C56H59N3O+2. The van der Waals surface area contributed by atoms with Gasteiger partial charge in [0, 0.05) is 33.0 Å². The van der Waals surface area contributed by atoms with Gasteiger partial charge in [-0.05, 0) is 94.7 Å². The van der Waals surface area contributed by atoms with E-state index < -0.39 is 0 Å². The van der Waals surface area contributed by atoms with E-state index in [1.165, 1.54) is 83.6 Å². The van der Waals surface area contributed by atoms with Crippen molar-refractivity contribution in [1.82, 2.24) is 4.57 Å². The summed E-state index contributed by atoms with van der Waals surface area (Å²) in [6.07, 6.45) is 11.5. The lowest BCUT2D eigenvalue weighted by atomic mass is 9.73. The van der Waals surface area contributed by atoms with Crippen LogP contribution in [-0.2, 0) is 13.0 Å². The number of rotatable bonds is 6. The highest BCUT2D eigenvalue weighted by molar-refractivity contribution is 6.08. The molecule has 2 aromatic heterocycles. The molecule has 0 saturated carbocycles. The Kier molecular flexibility index (Phi) is 9.46. The monoisotopic (exact) mass is 789 g/mol. The summed E-state index contributed by atoms with van der Waals surface area (Å²) >= 11 is 0. The Morgan fingerprint density at radius 3 is 2.13 bits per heavy atom. The van der Waals surface area contributed by atoms with Gasteiger partial charge in [0.1, 0.15) is 35.8 Å². The fourth-order valence-corrected chi connectivity index (χ4v) is 11.2. The summed E-state index contributed by atoms with van der Waals surface area (Å²) in [6, 6.07) is 36.5. The zero-order valence-electron chi connectivity index (χ0n) is 36.7. The first kappa shape index (κ1) is 38.5. The van der Waals surface area contributed by atoms with E-state index in [2.05, 4.69) is 191 Å². The number of aryl methyl sites for hydroxylation is 1. The van der Waals surface area contributed by atoms with E-state index in [-0.39, 0.29) is 17.9 Å². The predicted molar refractivity (Wildman–Crippen MR) is 248 cm³/mol. The van der Waals surface area contributed by atoms with Crippen LogP contribution in [-0.4, -0.2) is 20.9 Å². The van der Waals surface area contributed by atoms with Gasteiger partial charge in [0.2, 0.25) is 5.71 Å². The standard InChI is InChI=1S/C56H59N3O/c1-33(2)39-22-16-23-40(34(3)4)51(39)46-27-28-58-52-37(9)32-57-29-30-59(54-47(35(5)6)31-48-43-20-14-15-24-49(43)60-55(48)50(54)36(7)8)56(57)41-18-11-10-17-38(41)25-26-45(52)42-19-12-13-21-44(42)53(46)58/h10-24,27-31,33-36,45-46,52H,9,25-26,32H2,1-8H3/q+2. The van der Waals surface area contributed by atoms with Crippen LogP contribution in [0.1, 0.15) is 142 Å². The van der Waals surface area contributed by atoms with Crippen molar-refractivity contribution in [1.29, 1.82) is 0 Å². The van der Waals surface area contributed by atoms with Crippen LogP contribution in [0, 0.1) is 0 Å². The Balaban J connectivity index is 1.18. The van der Waals surface area contributed by atoms with Crippen molar-refractivity contribution in [3.63, 3.8) is 0 Å². The Morgan fingerprint density at radius 2 is 1.40 bits per heavy atom. The maximum Gasteiger partial charge on any atom is 0.294 e. The van der Waals surface area contributed by atoms with Crippen LogP contribution in [0.3, 0.4) is 0 Å². The molecular weight excluding hydrogens is 731 g/mol. The average Bonchev–Trinajstić information content (AvgIpc) is 3.97. The Labute approximate surface area is 356 Å². The second kappa shape index (κ2) is 14.8. The molecule has 0 radical (unpaired) electrons. The minimum absolute atomic E-state index is 0.114. The third-order valence-electron chi connectivity index (χ3n) is 13.9. The molecule has 0 saturated heterocycles. The lowest BCUT2D eigenvalue weighted by molar-refractivity contribution is -0.680. The molecule has 0 aliphatic carbocycles. The fourth-order valence-electron chi connectivity index (χ4n) is 11.2. The molecule has 5 aromatic carbocycles. The summed E-state index contributed by atoms with van der Waals surface area (Å²) in [5, 5.41) is 2.39. The van der Waals surface area contributed by atoms with Crippen LogP contribution in [0.2, 0.25) is 0 Å². The molecule has 302 valence electrons. The fraction of sp³-hybridized carbons (Fsp3) is 0.321. The highest BCUT2D eigenvalue weighted by atomic mass is 16.3. The minimum Gasteiger partial charge on any atom is -0.456 e. The first-order valence-corrected chi connectivity index (χ1v) is 22.4. The highest BCUT2D eigenvalue weighted by Crippen LogP contribution is 2.47. The van der Waals surface area contributed by atoms with Crippen molar-refractivity contribution in [3.05, 3.63) is 178 Å². The Morgan fingerprint density at radius 1 is 0.717 bits per heavy atom. The number of hydrogen-bond donors (Lipinski definition) is 0. The largest absolute Gasteiger partial charge is 0.456 e. The number of fused-ring (bicyclic) bond motifs is 11. The lowest BCUT2D eigenvalue weighted by Gasteiger charge is -2.33. The minimum atomic E-state index is 0.114. The van der Waals surface area contributed by atoms with Crippen molar-refractivity contribution in [2.24, 2.45) is 0 Å². The number of allylic oxidation sites excluding steroid dienone is 1. The van der Waals surface area contributed by atoms with E-state index in [4.69, 9.17) is 11.0 Å². The molecule has 5 heterocycles. The third kappa shape index (κ3) is 5.92. The van der Waals surface area contributed by atoms with E-state index in [0.717, 1.165) is 24.0 Å². The summed E-state index contributed by atoms with van der Waals surface area (Å²) in [5.74, 6) is 3.05. The molecule has 0 spiro atoms. The van der Waals surface area contributed by atoms with Crippen LogP contribution >= 0.6 is 0 Å². The number of para-hydroxylation sites is 1. The number of furan rings is 1. The molecule has 3 atom stereocenters. The summed E-state index contributed by atoms with van der Waals surface area (Å²) in [4.78, 5) is 0. The molecule has 0 N–H and O–H groups in total. The van der Waals surface area contributed by atoms with E-state index in [1.54, 1.807) is 0 Å². The second-order valence-electron chi connectivity index (χ2n) is 18.9. The van der Waals surface area contributed by atoms with E-state index in [9.17, 15) is 0 Å². The molecule has 4 nitrogen and oxygen atoms in total. The summed E-state index contributed by atoms with van der Waals surface area (Å²) in [5.41, 5.74) is 18.3. The van der Waals surface area contributed by atoms with Crippen molar-refractivity contribution in [2.45, 2.75) is 116 Å². The van der Waals surface area contributed by atoms with Gasteiger partial charge >= 0.3 is 0 Å². The van der Waals surface area contributed by atoms with Crippen molar-refractivity contribution in [2.75, 3.05) is 0 Å². The molecule has 0 fully saturated rings. The molecule has 7 aromatic rings. The average molecular weight is 790 g/mol. The van der Waals surface area contributed by atoms with Crippen LogP contribution in [0.5, 0.6) is 0 Å². The zero-order valence-corrected chi connectivity index (χ0v) is 36.7. The van der Waals surface area contributed by atoms with Crippen molar-refractivity contribution < 1.29 is 13.6 Å². The van der Waals surface area contributed by atoms with Crippen molar-refractivity contribution in [3.8, 4) is 17.1 Å². The molecule has 3 unspecified atom stereocenters. The van der Waals surface area contributed by atoms with Crippen molar-refractivity contribution >= 4 is 27.7 Å². The lowest BCUT2D eigenvalue weighted by Crippen LogP contribution is -2.45. The predicted octanol–water partition coefficient (Wildman–Crippen LogP) is 13.6. The first-order valence-electron chi connectivity index (χ1n) is 22.4. The molecule has 3 aliphatic heterocycles. The normalized spacial score (nSPS) is 18.8. The topological polar surface area (TPSA) is 25.0 Å². The maximum absolute atomic E-state index is 6.79. The maximum atomic E-state index is 6.79. The highest BCUT2D eigenvalue weighted by Gasteiger charge is 2.49. The van der Waals surface area contributed by atoms with Gasteiger partial charge < -0.3 is 4.42 Å². The Bertz CT molecular complexity index is 2880. The molecule has 60 heavy (non-hydrogen) atoms. The number of imidazole rings is 1. The van der Waals surface area contributed by atoms with E-state index in [0.29, 0.717) is 30.2 Å². The van der Waals surface area contributed by atoms with E-state index >= 15 is 0 Å². The molecule has 10 rings (SSSR count). The van der Waals surface area contributed by atoms with Crippen LogP contribution in [0.15, 0.2) is 138 Å². The summed E-state index contributed by atoms with van der Waals surface area (Å²) in [7, 11) is 0. The van der Waals surface area contributed by atoms with Crippen LogP contribution in [0.4, 0.5) is 0 Å². The third-order valence-corrected chi connectivity index (χ3v) is 13.9. The number of aromatic nitrogens is 2. The smallest absolute Gasteiger partial charge is 0.294 e. The van der Waals surface area contributed by atoms with Gasteiger partial charge in [0.05, 0.1) is 17.4 Å². The number of nitrogens with zero attached hydrogens (tertiary/aromatic N) is 3. The number of benzene rings is 5. The Hall–Kier alpha value is -5.74. The zero-order chi connectivity index (χ0) is 41.6.